The fourth-order valence-corrected chi connectivity index (χ4v) is 4.20. The van der Waals surface area contributed by atoms with Gasteiger partial charge >= 0.3 is 5.97 Å². The van der Waals surface area contributed by atoms with Gasteiger partial charge in [0.15, 0.2) is 6.23 Å². The molecule has 2 aromatic carbocycles. The van der Waals surface area contributed by atoms with Crippen LogP contribution in [0.4, 0.5) is 0 Å². The van der Waals surface area contributed by atoms with E-state index in [9.17, 15) is 4.79 Å². The van der Waals surface area contributed by atoms with Gasteiger partial charge in [0, 0.05) is 12.8 Å². The van der Waals surface area contributed by atoms with E-state index in [-0.39, 0.29) is 5.97 Å². The molecule has 0 bridgehead atoms. The molecule has 2 N–H and O–H groups in total. The van der Waals surface area contributed by atoms with E-state index in [4.69, 9.17) is 15.2 Å². The standard InChI is InChI=1S/C29H43NO3/c1-4-6-7-8-9-10-14-21-28(31)32-27(30)23-29(3,25-18-12-11-13-19-25)33-26-20-15-17-24(22-26)16-5-2/h11-13,15,17-20,22,27H,4-10,14,16,21,23,30H2,1-3H3. The summed E-state index contributed by atoms with van der Waals surface area (Å²) in [7, 11) is 0. The Hall–Kier alpha value is -2.33. The highest BCUT2D eigenvalue weighted by atomic mass is 16.6. The van der Waals surface area contributed by atoms with Crippen molar-refractivity contribution in [1.29, 1.82) is 0 Å². The van der Waals surface area contributed by atoms with E-state index >= 15 is 0 Å². The van der Waals surface area contributed by atoms with Gasteiger partial charge in [0.2, 0.25) is 0 Å². The summed E-state index contributed by atoms with van der Waals surface area (Å²) in [5.41, 5.74) is 7.82. The van der Waals surface area contributed by atoms with E-state index < -0.39 is 11.8 Å². The Labute approximate surface area is 200 Å². The lowest BCUT2D eigenvalue weighted by molar-refractivity contribution is -0.151. The van der Waals surface area contributed by atoms with E-state index in [0.717, 1.165) is 37.0 Å². The monoisotopic (exact) mass is 453 g/mol. The number of hydrogen-bond donors (Lipinski definition) is 1. The summed E-state index contributed by atoms with van der Waals surface area (Å²) in [5, 5.41) is 0. The molecule has 0 heterocycles. The third-order valence-corrected chi connectivity index (χ3v) is 6.02. The van der Waals surface area contributed by atoms with Crippen molar-refractivity contribution in [3.8, 4) is 5.75 Å². The molecule has 0 radical (unpaired) electrons. The molecule has 0 aliphatic rings. The molecule has 2 rings (SSSR count). The fraction of sp³-hybridized carbons (Fsp3) is 0.552. The largest absolute Gasteiger partial charge is 0.483 e. The average molecular weight is 454 g/mol. The van der Waals surface area contributed by atoms with E-state index in [2.05, 4.69) is 26.0 Å². The first-order valence-electron chi connectivity index (χ1n) is 12.8. The van der Waals surface area contributed by atoms with E-state index in [1.165, 1.54) is 37.7 Å². The molecule has 2 unspecified atom stereocenters. The lowest BCUT2D eigenvalue weighted by Crippen LogP contribution is -2.39. The number of unbranched alkanes of at least 4 members (excludes halogenated alkanes) is 6. The van der Waals surface area contributed by atoms with Gasteiger partial charge in [-0.05, 0) is 43.0 Å². The molecule has 0 saturated carbocycles. The number of hydrogen-bond acceptors (Lipinski definition) is 4. The lowest BCUT2D eigenvalue weighted by atomic mass is 9.91. The predicted molar refractivity (Wildman–Crippen MR) is 136 cm³/mol. The van der Waals surface area contributed by atoms with Crippen LogP contribution in [0.2, 0.25) is 0 Å². The van der Waals surface area contributed by atoms with Gasteiger partial charge in [-0.25, -0.2) is 0 Å². The zero-order chi connectivity index (χ0) is 23.9. The minimum atomic E-state index is -0.730. The van der Waals surface area contributed by atoms with Crippen LogP contribution in [0.1, 0.15) is 96.1 Å². The van der Waals surface area contributed by atoms with Crippen molar-refractivity contribution in [2.75, 3.05) is 0 Å². The van der Waals surface area contributed by atoms with Gasteiger partial charge in [-0.1, -0.05) is 101 Å². The molecule has 33 heavy (non-hydrogen) atoms. The number of esters is 1. The van der Waals surface area contributed by atoms with Crippen molar-refractivity contribution in [1.82, 2.24) is 0 Å². The number of benzene rings is 2. The van der Waals surface area contributed by atoms with E-state index in [1.807, 2.05) is 49.4 Å². The van der Waals surface area contributed by atoms with Crippen molar-refractivity contribution < 1.29 is 14.3 Å². The van der Waals surface area contributed by atoms with Crippen molar-refractivity contribution in [3.05, 3.63) is 65.7 Å². The Morgan fingerprint density at radius 1 is 0.909 bits per heavy atom. The van der Waals surface area contributed by atoms with Crippen LogP contribution in [-0.4, -0.2) is 12.2 Å². The maximum absolute atomic E-state index is 12.3. The highest BCUT2D eigenvalue weighted by Crippen LogP contribution is 2.33. The summed E-state index contributed by atoms with van der Waals surface area (Å²) in [6, 6.07) is 18.2. The van der Waals surface area contributed by atoms with Crippen LogP contribution in [-0.2, 0) is 21.6 Å². The molecule has 2 atom stereocenters. The smallest absolute Gasteiger partial charge is 0.307 e. The summed E-state index contributed by atoms with van der Waals surface area (Å²) in [4.78, 5) is 12.3. The Bertz CT molecular complexity index is 808. The molecule has 0 saturated heterocycles. The Morgan fingerprint density at radius 2 is 1.61 bits per heavy atom. The Kier molecular flexibility index (Phi) is 12.0. The summed E-state index contributed by atoms with van der Waals surface area (Å²) in [6.45, 7) is 6.40. The molecule has 182 valence electrons. The van der Waals surface area contributed by atoms with Crippen molar-refractivity contribution in [3.63, 3.8) is 0 Å². The molecule has 0 spiro atoms. The number of carbonyl (C=O) groups is 1. The van der Waals surface area contributed by atoms with Gasteiger partial charge in [-0.3, -0.25) is 10.5 Å². The van der Waals surface area contributed by atoms with Gasteiger partial charge in [0.1, 0.15) is 11.4 Å². The topological polar surface area (TPSA) is 61.5 Å². The molecule has 0 aliphatic carbocycles. The third kappa shape index (κ3) is 10.00. The van der Waals surface area contributed by atoms with Gasteiger partial charge < -0.3 is 9.47 Å². The maximum Gasteiger partial charge on any atom is 0.307 e. The van der Waals surface area contributed by atoms with Crippen molar-refractivity contribution in [2.24, 2.45) is 5.73 Å². The van der Waals surface area contributed by atoms with Crippen LogP contribution < -0.4 is 10.5 Å². The van der Waals surface area contributed by atoms with E-state index in [1.54, 1.807) is 0 Å². The molecule has 4 nitrogen and oxygen atoms in total. The molecule has 2 aromatic rings. The number of aryl methyl sites for hydroxylation is 1. The summed E-state index contributed by atoms with van der Waals surface area (Å²) in [5.74, 6) is 0.574. The maximum atomic E-state index is 12.3. The third-order valence-electron chi connectivity index (χ3n) is 6.02. The van der Waals surface area contributed by atoms with E-state index in [0.29, 0.717) is 12.8 Å². The first-order chi connectivity index (χ1) is 16.0. The van der Waals surface area contributed by atoms with Crippen molar-refractivity contribution >= 4 is 5.97 Å². The molecule has 0 amide bonds. The summed E-state index contributed by atoms with van der Waals surface area (Å²) < 4.78 is 12.1. The lowest BCUT2D eigenvalue weighted by Gasteiger charge is -2.33. The summed E-state index contributed by atoms with van der Waals surface area (Å²) >= 11 is 0. The predicted octanol–water partition coefficient (Wildman–Crippen LogP) is 7.29. The second-order valence-corrected chi connectivity index (χ2v) is 9.20. The number of carbonyl (C=O) groups excluding carboxylic acids is 1. The Balaban J connectivity index is 1.95. The van der Waals surface area contributed by atoms with Crippen LogP contribution in [0.15, 0.2) is 54.6 Å². The molecule has 0 fully saturated rings. The van der Waals surface area contributed by atoms with Gasteiger partial charge in [-0.15, -0.1) is 0 Å². The van der Waals surface area contributed by atoms with Crippen LogP contribution >= 0.6 is 0 Å². The quantitative estimate of drug-likeness (QED) is 0.165. The SMILES string of the molecule is CCCCCCCCCC(=O)OC(N)CC(C)(Oc1cccc(CCC)c1)c1ccccc1. The highest BCUT2D eigenvalue weighted by molar-refractivity contribution is 5.69. The first kappa shape index (κ1) is 26.9. The number of rotatable bonds is 16. The first-order valence-corrected chi connectivity index (χ1v) is 12.8. The second kappa shape index (κ2) is 14.7. The molecule has 4 heteroatoms. The van der Waals surface area contributed by atoms with Crippen LogP contribution in [0.25, 0.3) is 0 Å². The zero-order valence-electron chi connectivity index (χ0n) is 20.9. The minimum Gasteiger partial charge on any atom is -0.483 e. The number of nitrogens with two attached hydrogens (primary N) is 1. The van der Waals surface area contributed by atoms with Gasteiger partial charge in [0.05, 0.1) is 0 Å². The molecular weight excluding hydrogens is 410 g/mol. The van der Waals surface area contributed by atoms with Crippen LogP contribution in [0.5, 0.6) is 5.75 Å². The molecular formula is C29H43NO3. The average Bonchev–Trinajstić information content (AvgIpc) is 2.79. The van der Waals surface area contributed by atoms with Crippen molar-refractivity contribution in [2.45, 2.75) is 103 Å². The van der Waals surface area contributed by atoms with Crippen LogP contribution in [0, 0.1) is 0 Å². The molecule has 0 aromatic heterocycles. The van der Waals surface area contributed by atoms with Gasteiger partial charge in [-0.2, -0.15) is 0 Å². The second-order valence-electron chi connectivity index (χ2n) is 9.20. The number of ether oxygens (including phenoxy) is 2. The summed E-state index contributed by atoms with van der Waals surface area (Å²) in [6.07, 6.45) is 10.3. The Morgan fingerprint density at radius 3 is 2.30 bits per heavy atom. The normalized spacial score (nSPS) is 13.8. The zero-order valence-corrected chi connectivity index (χ0v) is 20.9. The fourth-order valence-electron chi connectivity index (χ4n) is 4.20. The molecule has 0 aliphatic heterocycles. The van der Waals surface area contributed by atoms with Crippen LogP contribution in [0.3, 0.4) is 0 Å². The highest BCUT2D eigenvalue weighted by Gasteiger charge is 2.33. The van der Waals surface area contributed by atoms with Gasteiger partial charge in [0.25, 0.3) is 0 Å². The minimum absolute atomic E-state index is 0.226.